The molecule has 2 atom stereocenters. The first kappa shape index (κ1) is 55.9. The van der Waals surface area contributed by atoms with Crippen molar-refractivity contribution in [2.24, 2.45) is 0 Å². The molecule has 4 heteroatoms. The Morgan fingerprint density at radius 3 is 0.965 bits per heavy atom. The van der Waals surface area contributed by atoms with E-state index >= 15 is 0 Å². The molecule has 1 amide bonds. The van der Waals surface area contributed by atoms with Gasteiger partial charge in [-0.15, -0.1) is 0 Å². The van der Waals surface area contributed by atoms with Crippen LogP contribution in [0, 0.1) is 0 Å². The summed E-state index contributed by atoms with van der Waals surface area (Å²) in [6.45, 7) is 4.34. The molecule has 0 heterocycles. The fraction of sp³-hybridized carbons (Fsp3) is 0.906. The molecular weight excluding hydrogens is 699 g/mol. The number of unbranched alkanes of at least 4 members (excludes halogenated alkanes) is 39. The molecule has 0 spiro atoms. The van der Waals surface area contributed by atoms with Crippen molar-refractivity contribution in [2.45, 2.75) is 302 Å². The van der Waals surface area contributed by atoms with E-state index in [0.29, 0.717) is 6.42 Å². The van der Waals surface area contributed by atoms with Crippen LogP contribution < -0.4 is 5.32 Å². The summed E-state index contributed by atoms with van der Waals surface area (Å²) in [6, 6.07) is -0.619. The second-order valence-corrected chi connectivity index (χ2v) is 17.9. The highest BCUT2D eigenvalue weighted by Crippen LogP contribution is 2.17. The van der Waals surface area contributed by atoms with Crippen LogP contribution in [0.3, 0.4) is 0 Å². The number of rotatable bonds is 48. The first-order chi connectivity index (χ1) is 28.2. The number of aliphatic hydroxyl groups excluding tert-OH is 2. The minimum atomic E-state index is -0.836. The van der Waals surface area contributed by atoms with Gasteiger partial charge in [0.15, 0.2) is 0 Å². The number of nitrogens with one attached hydrogen (secondary N) is 1. The van der Waals surface area contributed by atoms with Crippen molar-refractivity contribution < 1.29 is 15.0 Å². The fourth-order valence-corrected chi connectivity index (χ4v) is 8.18. The van der Waals surface area contributed by atoms with E-state index in [-0.39, 0.29) is 12.5 Å². The highest BCUT2D eigenvalue weighted by molar-refractivity contribution is 5.76. The Morgan fingerprint density at radius 1 is 0.404 bits per heavy atom. The summed E-state index contributed by atoms with van der Waals surface area (Å²) in [6.07, 6.45) is 64.6. The zero-order chi connectivity index (χ0) is 41.4. The molecule has 3 N–H and O–H groups in total. The van der Waals surface area contributed by atoms with Gasteiger partial charge in [-0.3, -0.25) is 4.79 Å². The molecule has 0 aliphatic rings. The second-order valence-electron chi connectivity index (χ2n) is 17.9. The summed E-state index contributed by atoms with van der Waals surface area (Å²) in [4.78, 5) is 12.4. The average molecular weight is 802 g/mol. The number of hydrogen-bond acceptors (Lipinski definition) is 3. The number of carbonyl (C=O) groups excluding carboxylic acids is 1. The van der Waals surface area contributed by atoms with Crippen molar-refractivity contribution in [3.63, 3.8) is 0 Å². The summed E-state index contributed by atoms with van der Waals surface area (Å²) in [5, 5.41) is 23.1. The fourth-order valence-electron chi connectivity index (χ4n) is 8.18. The van der Waals surface area contributed by atoms with Crippen molar-refractivity contribution in [1.29, 1.82) is 0 Å². The van der Waals surface area contributed by atoms with E-state index in [9.17, 15) is 15.0 Å². The normalized spacial score (nSPS) is 13.0. The summed E-state index contributed by atoms with van der Waals surface area (Å²) < 4.78 is 0. The molecule has 2 unspecified atom stereocenters. The Labute approximate surface area is 358 Å². The smallest absolute Gasteiger partial charge is 0.220 e. The Morgan fingerprint density at radius 2 is 0.667 bits per heavy atom. The predicted molar refractivity (Wildman–Crippen MR) is 253 cm³/mol. The van der Waals surface area contributed by atoms with Gasteiger partial charge >= 0.3 is 0 Å². The Bertz CT molecular complexity index is 825. The van der Waals surface area contributed by atoms with Gasteiger partial charge in [0.05, 0.1) is 18.8 Å². The molecule has 0 saturated heterocycles. The molecule has 0 radical (unpaired) electrons. The van der Waals surface area contributed by atoms with E-state index in [1.165, 1.54) is 244 Å². The van der Waals surface area contributed by atoms with E-state index < -0.39 is 12.1 Å². The minimum absolute atomic E-state index is 0.0592. The maximum absolute atomic E-state index is 12.4. The van der Waals surface area contributed by atoms with Crippen LogP contribution in [-0.4, -0.2) is 34.9 Å². The number of aliphatic hydroxyl groups is 2. The SMILES string of the molecule is CCCCCCCCCC/C=C\CCCCCCCCCCCCCCCCCC(=O)NC(CO)C(O)/C=C/CCCCCCCCCCCCCCCCCC. The van der Waals surface area contributed by atoms with Gasteiger partial charge in [-0.05, 0) is 44.9 Å². The van der Waals surface area contributed by atoms with Crippen molar-refractivity contribution >= 4 is 5.91 Å². The molecular formula is C53H103NO3. The average Bonchev–Trinajstić information content (AvgIpc) is 3.22. The van der Waals surface area contributed by atoms with Crippen LogP contribution in [0.1, 0.15) is 290 Å². The lowest BCUT2D eigenvalue weighted by molar-refractivity contribution is -0.123. The summed E-state index contributed by atoms with van der Waals surface area (Å²) >= 11 is 0. The van der Waals surface area contributed by atoms with Crippen LogP contribution in [0.15, 0.2) is 24.3 Å². The van der Waals surface area contributed by atoms with Gasteiger partial charge in [-0.25, -0.2) is 0 Å². The summed E-state index contributed by atoms with van der Waals surface area (Å²) in [7, 11) is 0. The topological polar surface area (TPSA) is 69.6 Å². The quantitative estimate of drug-likeness (QED) is 0.0424. The Balaban J connectivity index is 3.47. The van der Waals surface area contributed by atoms with Gasteiger partial charge in [0.25, 0.3) is 0 Å². The lowest BCUT2D eigenvalue weighted by Crippen LogP contribution is -2.45. The zero-order valence-electron chi connectivity index (χ0n) is 38.9. The molecule has 0 fully saturated rings. The van der Waals surface area contributed by atoms with Crippen LogP contribution in [0.2, 0.25) is 0 Å². The standard InChI is InChI=1S/C53H103NO3/c1-3-5-7-9-11-13-15-17-19-21-23-24-25-26-27-28-29-30-31-33-35-37-39-41-43-45-47-49-53(57)54-51(50-55)52(56)48-46-44-42-40-38-36-34-32-22-20-18-16-14-12-10-8-6-4-2/h21,23,46,48,51-52,55-56H,3-20,22,24-45,47,49-50H2,1-2H3,(H,54,57)/b23-21-,48-46+. The summed E-state index contributed by atoms with van der Waals surface area (Å²) in [5.41, 5.74) is 0. The monoisotopic (exact) mass is 802 g/mol. The van der Waals surface area contributed by atoms with Crippen LogP contribution in [0.4, 0.5) is 0 Å². The van der Waals surface area contributed by atoms with Gasteiger partial charge in [0, 0.05) is 6.42 Å². The highest BCUT2D eigenvalue weighted by atomic mass is 16.3. The van der Waals surface area contributed by atoms with Crippen LogP contribution in [0.5, 0.6) is 0 Å². The molecule has 0 aliphatic heterocycles. The van der Waals surface area contributed by atoms with Gasteiger partial charge in [0.1, 0.15) is 0 Å². The first-order valence-electron chi connectivity index (χ1n) is 26.1. The Hall–Kier alpha value is -1.13. The van der Waals surface area contributed by atoms with Crippen molar-refractivity contribution in [1.82, 2.24) is 5.32 Å². The van der Waals surface area contributed by atoms with E-state index in [0.717, 1.165) is 25.7 Å². The highest BCUT2D eigenvalue weighted by Gasteiger charge is 2.18. The van der Waals surface area contributed by atoms with Crippen LogP contribution in [0.25, 0.3) is 0 Å². The Kier molecular flexibility index (Phi) is 48.3. The third-order valence-electron chi connectivity index (χ3n) is 12.2. The molecule has 0 aliphatic carbocycles. The number of hydrogen-bond donors (Lipinski definition) is 3. The predicted octanol–water partition coefficient (Wildman–Crippen LogP) is 16.8. The number of allylic oxidation sites excluding steroid dienone is 3. The lowest BCUT2D eigenvalue weighted by atomic mass is 10.0. The molecule has 0 aromatic heterocycles. The molecule has 338 valence electrons. The molecule has 4 nitrogen and oxygen atoms in total. The van der Waals surface area contributed by atoms with Gasteiger partial charge in [0.2, 0.25) is 5.91 Å². The molecule has 0 aromatic carbocycles. The molecule has 0 rings (SSSR count). The third kappa shape index (κ3) is 45.8. The van der Waals surface area contributed by atoms with Crippen LogP contribution in [-0.2, 0) is 4.79 Å². The largest absolute Gasteiger partial charge is 0.394 e. The molecule has 0 bridgehead atoms. The van der Waals surface area contributed by atoms with Crippen molar-refractivity contribution in [3.8, 4) is 0 Å². The van der Waals surface area contributed by atoms with E-state index in [2.05, 4.69) is 31.3 Å². The second kappa shape index (κ2) is 49.2. The van der Waals surface area contributed by atoms with E-state index in [4.69, 9.17) is 0 Å². The molecule has 57 heavy (non-hydrogen) atoms. The maximum atomic E-state index is 12.4. The van der Waals surface area contributed by atoms with Crippen molar-refractivity contribution in [3.05, 3.63) is 24.3 Å². The molecule has 0 aromatic rings. The first-order valence-corrected chi connectivity index (χ1v) is 26.1. The van der Waals surface area contributed by atoms with Crippen molar-refractivity contribution in [2.75, 3.05) is 6.61 Å². The number of amides is 1. The summed E-state index contributed by atoms with van der Waals surface area (Å²) in [5.74, 6) is -0.0592. The van der Waals surface area contributed by atoms with Gasteiger partial charge < -0.3 is 15.5 Å². The van der Waals surface area contributed by atoms with Gasteiger partial charge in [-0.1, -0.05) is 263 Å². The van der Waals surface area contributed by atoms with E-state index in [1.54, 1.807) is 6.08 Å². The van der Waals surface area contributed by atoms with E-state index in [1.807, 2.05) is 6.08 Å². The minimum Gasteiger partial charge on any atom is -0.394 e. The van der Waals surface area contributed by atoms with Crippen LogP contribution >= 0.6 is 0 Å². The van der Waals surface area contributed by atoms with Gasteiger partial charge in [-0.2, -0.15) is 0 Å². The number of carbonyl (C=O) groups is 1. The third-order valence-corrected chi connectivity index (χ3v) is 12.2. The zero-order valence-corrected chi connectivity index (χ0v) is 38.9. The maximum Gasteiger partial charge on any atom is 0.220 e. The lowest BCUT2D eigenvalue weighted by Gasteiger charge is -2.20. The molecule has 0 saturated carbocycles.